The summed E-state index contributed by atoms with van der Waals surface area (Å²) in [6, 6.07) is 16.8. The average Bonchev–Trinajstić information content (AvgIpc) is 3.07. The van der Waals surface area contributed by atoms with E-state index in [0.29, 0.717) is 5.56 Å². The van der Waals surface area contributed by atoms with E-state index in [1.807, 2.05) is 42.5 Å². The molecule has 3 rings (SSSR count). The summed E-state index contributed by atoms with van der Waals surface area (Å²) < 4.78 is 11.1. The monoisotopic (exact) mass is 297 g/mol. The van der Waals surface area contributed by atoms with E-state index in [4.69, 9.17) is 9.47 Å². The van der Waals surface area contributed by atoms with Gasteiger partial charge in [0.15, 0.2) is 0 Å². The lowest BCUT2D eigenvalue weighted by atomic mass is 10.2. The van der Waals surface area contributed by atoms with Crippen molar-refractivity contribution in [2.45, 2.75) is 19.1 Å². The van der Waals surface area contributed by atoms with Gasteiger partial charge in [-0.1, -0.05) is 30.3 Å². The van der Waals surface area contributed by atoms with Gasteiger partial charge in [-0.05, 0) is 42.8 Å². The topological polar surface area (TPSA) is 47.6 Å². The van der Waals surface area contributed by atoms with Crippen LogP contribution in [-0.4, -0.2) is 25.2 Å². The van der Waals surface area contributed by atoms with E-state index in [-0.39, 0.29) is 18.7 Å². The lowest BCUT2D eigenvalue weighted by molar-refractivity contribution is 0.0472. The first-order valence-electron chi connectivity index (χ1n) is 7.50. The molecule has 114 valence electrons. The first-order chi connectivity index (χ1) is 10.8. The Morgan fingerprint density at radius 1 is 1.09 bits per heavy atom. The fraction of sp³-hybridized carbons (Fsp3) is 0.278. The van der Waals surface area contributed by atoms with Gasteiger partial charge in [-0.3, -0.25) is 0 Å². The highest BCUT2D eigenvalue weighted by atomic mass is 16.5. The second kappa shape index (κ2) is 7.09. The molecule has 0 amide bonds. The molecule has 0 radical (unpaired) electrons. The Bertz CT molecular complexity index is 604. The molecule has 2 aromatic rings. The van der Waals surface area contributed by atoms with Gasteiger partial charge in [-0.2, -0.15) is 0 Å². The van der Waals surface area contributed by atoms with Crippen molar-refractivity contribution in [3.63, 3.8) is 0 Å². The van der Waals surface area contributed by atoms with Crippen LogP contribution >= 0.6 is 0 Å². The van der Waals surface area contributed by atoms with Crippen LogP contribution in [0.25, 0.3) is 0 Å². The minimum atomic E-state index is -0.321. The van der Waals surface area contributed by atoms with E-state index in [0.717, 1.165) is 30.8 Å². The summed E-state index contributed by atoms with van der Waals surface area (Å²) in [5, 5.41) is 3.26. The predicted octanol–water partition coefficient (Wildman–Crippen LogP) is 2.78. The molecule has 0 bridgehead atoms. The molecule has 1 N–H and O–H groups in total. The molecule has 0 saturated carbocycles. The van der Waals surface area contributed by atoms with Gasteiger partial charge in [-0.15, -0.1) is 0 Å². The quantitative estimate of drug-likeness (QED) is 0.862. The summed E-state index contributed by atoms with van der Waals surface area (Å²) in [5.41, 5.74) is 1.51. The zero-order valence-electron chi connectivity index (χ0n) is 12.3. The molecule has 4 heteroatoms. The third-order valence-corrected chi connectivity index (χ3v) is 3.62. The number of hydrogen-bond donors (Lipinski definition) is 1. The van der Waals surface area contributed by atoms with Crippen LogP contribution < -0.4 is 10.1 Å². The summed E-state index contributed by atoms with van der Waals surface area (Å²) in [4.78, 5) is 12.0. The molecule has 1 fully saturated rings. The number of carbonyl (C=O) groups excluding carboxylic acids is 1. The maximum atomic E-state index is 12.0. The second-order valence-corrected chi connectivity index (χ2v) is 5.32. The Hall–Kier alpha value is -2.33. The third kappa shape index (κ3) is 3.86. The predicted molar refractivity (Wildman–Crippen MR) is 83.9 cm³/mol. The minimum Gasteiger partial charge on any atom is -0.489 e. The smallest absolute Gasteiger partial charge is 0.338 e. The van der Waals surface area contributed by atoms with Crippen LogP contribution in [0.2, 0.25) is 0 Å². The van der Waals surface area contributed by atoms with Gasteiger partial charge in [0.05, 0.1) is 5.56 Å². The summed E-state index contributed by atoms with van der Waals surface area (Å²) in [5.74, 6) is 0.464. The average molecular weight is 297 g/mol. The van der Waals surface area contributed by atoms with E-state index in [9.17, 15) is 4.79 Å². The normalized spacial score (nSPS) is 17.2. The van der Waals surface area contributed by atoms with E-state index in [1.165, 1.54) is 0 Å². The van der Waals surface area contributed by atoms with E-state index in [1.54, 1.807) is 12.1 Å². The molecular formula is C18H19NO3. The SMILES string of the molecule is O=C(OCc1ccccc1)c1ccc(O[C@@H]2CCNC2)cc1. The van der Waals surface area contributed by atoms with E-state index in [2.05, 4.69) is 5.32 Å². The first kappa shape index (κ1) is 14.6. The van der Waals surface area contributed by atoms with Crippen LogP contribution in [0.1, 0.15) is 22.3 Å². The van der Waals surface area contributed by atoms with Crippen molar-refractivity contribution in [2.24, 2.45) is 0 Å². The van der Waals surface area contributed by atoms with Crippen molar-refractivity contribution < 1.29 is 14.3 Å². The fourth-order valence-electron chi connectivity index (χ4n) is 2.40. The van der Waals surface area contributed by atoms with Gasteiger partial charge in [-0.25, -0.2) is 4.79 Å². The third-order valence-electron chi connectivity index (χ3n) is 3.62. The Balaban J connectivity index is 1.54. The molecule has 2 aromatic carbocycles. The second-order valence-electron chi connectivity index (χ2n) is 5.32. The van der Waals surface area contributed by atoms with E-state index >= 15 is 0 Å². The van der Waals surface area contributed by atoms with Crippen LogP contribution in [0.5, 0.6) is 5.75 Å². The fourth-order valence-corrected chi connectivity index (χ4v) is 2.40. The largest absolute Gasteiger partial charge is 0.489 e. The van der Waals surface area contributed by atoms with Gasteiger partial charge < -0.3 is 14.8 Å². The summed E-state index contributed by atoms with van der Waals surface area (Å²) in [7, 11) is 0. The van der Waals surface area contributed by atoms with Crippen LogP contribution in [0, 0.1) is 0 Å². The Morgan fingerprint density at radius 3 is 2.55 bits per heavy atom. The first-order valence-corrected chi connectivity index (χ1v) is 7.50. The highest BCUT2D eigenvalue weighted by Crippen LogP contribution is 2.17. The summed E-state index contributed by atoms with van der Waals surface area (Å²) in [6.45, 7) is 2.15. The van der Waals surface area contributed by atoms with Crippen LogP contribution in [0.15, 0.2) is 54.6 Å². The lowest BCUT2D eigenvalue weighted by Crippen LogP contribution is -2.19. The Kier molecular flexibility index (Phi) is 4.71. The highest BCUT2D eigenvalue weighted by molar-refractivity contribution is 5.89. The standard InChI is InChI=1S/C18H19NO3/c20-18(21-13-14-4-2-1-3-5-14)15-6-8-16(9-7-15)22-17-10-11-19-12-17/h1-9,17,19H,10-13H2/t17-/m1/s1. The molecule has 1 atom stereocenters. The Morgan fingerprint density at radius 2 is 1.86 bits per heavy atom. The molecular weight excluding hydrogens is 278 g/mol. The van der Waals surface area contributed by atoms with Crippen molar-refractivity contribution in [3.8, 4) is 5.75 Å². The molecule has 1 saturated heterocycles. The number of nitrogens with one attached hydrogen (secondary N) is 1. The van der Waals surface area contributed by atoms with Gasteiger partial charge in [0, 0.05) is 6.54 Å². The summed E-state index contributed by atoms with van der Waals surface area (Å²) >= 11 is 0. The maximum Gasteiger partial charge on any atom is 0.338 e. The van der Waals surface area contributed by atoms with Gasteiger partial charge >= 0.3 is 5.97 Å². The molecule has 1 aliphatic rings. The van der Waals surface area contributed by atoms with Gasteiger partial charge in [0.2, 0.25) is 0 Å². The summed E-state index contributed by atoms with van der Waals surface area (Å²) in [6.07, 6.45) is 1.23. The number of benzene rings is 2. The molecule has 0 aromatic heterocycles. The number of carbonyl (C=O) groups is 1. The zero-order chi connectivity index (χ0) is 15.2. The molecule has 4 nitrogen and oxygen atoms in total. The molecule has 0 unspecified atom stereocenters. The lowest BCUT2D eigenvalue weighted by Gasteiger charge is -2.12. The molecule has 22 heavy (non-hydrogen) atoms. The molecule has 0 aliphatic carbocycles. The van der Waals surface area contributed by atoms with Crippen LogP contribution in [0.3, 0.4) is 0 Å². The molecule has 1 aliphatic heterocycles. The van der Waals surface area contributed by atoms with Gasteiger partial charge in [0.1, 0.15) is 18.5 Å². The van der Waals surface area contributed by atoms with Crippen molar-refractivity contribution in [2.75, 3.05) is 13.1 Å². The number of rotatable bonds is 5. The van der Waals surface area contributed by atoms with Gasteiger partial charge in [0.25, 0.3) is 0 Å². The zero-order valence-corrected chi connectivity index (χ0v) is 12.3. The van der Waals surface area contributed by atoms with E-state index < -0.39 is 0 Å². The minimum absolute atomic E-state index is 0.218. The molecule has 1 heterocycles. The maximum absolute atomic E-state index is 12.0. The number of ether oxygens (including phenoxy) is 2. The number of esters is 1. The van der Waals surface area contributed by atoms with Crippen LogP contribution in [-0.2, 0) is 11.3 Å². The Labute approximate surface area is 130 Å². The highest BCUT2D eigenvalue weighted by Gasteiger charge is 2.16. The van der Waals surface area contributed by atoms with Crippen molar-refractivity contribution in [1.82, 2.24) is 5.32 Å². The van der Waals surface area contributed by atoms with Crippen molar-refractivity contribution in [3.05, 3.63) is 65.7 Å². The number of hydrogen-bond acceptors (Lipinski definition) is 4. The van der Waals surface area contributed by atoms with Crippen LogP contribution in [0.4, 0.5) is 0 Å². The molecule has 0 spiro atoms. The van der Waals surface area contributed by atoms with Crippen molar-refractivity contribution in [1.29, 1.82) is 0 Å². The van der Waals surface area contributed by atoms with Crippen molar-refractivity contribution >= 4 is 5.97 Å².